The number of carbonyl (C=O) groups is 1. The molecule has 0 unspecified atom stereocenters. The number of nitrogens with one attached hydrogen (secondary N) is 2. The van der Waals surface area contributed by atoms with Crippen LogP contribution in [0.15, 0.2) is 24.5 Å². The van der Waals surface area contributed by atoms with Gasteiger partial charge in [-0.25, -0.2) is 9.37 Å². The Labute approximate surface area is 187 Å². The van der Waals surface area contributed by atoms with Crippen LogP contribution in [0.2, 0.25) is 0 Å². The van der Waals surface area contributed by atoms with Crippen molar-refractivity contribution >= 4 is 22.6 Å². The molecule has 33 heavy (non-hydrogen) atoms. The van der Waals surface area contributed by atoms with E-state index in [-0.39, 0.29) is 16.9 Å². The molecule has 4 N–H and O–H groups in total. The van der Waals surface area contributed by atoms with E-state index in [0.717, 1.165) is 12.5 Å². The summed E-state index contributed by atoms with van der Waals surface area (Å²) in [5.74, 6) is -1.16. The van der Waals surface area contributed by atoms with E-state index < -0.39 is 29.5 Å². The molecule has 7 nitrogen and oxygen atoms in total. The van der Waals surface area contributed by atoms with Gasteiger partial charge in [0.2, 0.25) is 0 Å². The number of imidazole rings is 1. The maximum Gasteiger partial charge on any atom is 0.408 e. The molecular weight excluding hydrogens is 440 g/mol. The van der Waals surface area contributed by atoms with Gasteiger partial charge in [0.05, 0.1) is 22.3 Å². The molecule has 176 valence electrons. The number of alkyl halides is 3. The Kier molecular flexibility index (Phi) is 5.55. The van der Waals surface area contributed by atoms with Crippen LogP contribution in [0.1, 0.15) is 36.2 Å². The maximum atomic E-state index is 14.4. The van der Waals surface area contributed by atoms with Crippen LogP contribution in [0.5, 0.6) is 0 Å². The molecule has 0 saturated carbocycles. The van der Waals surface area contributed by atoms with Crippen molar-refractivity contribution in [1.82, 2.24) is 20.3 Å². The molecule has 2 atom stereocenters. The van der Waals surface area contributed by atoms with E-state index in [1.807, 2.05) is 17.1 Å². The van der Waals surface area contributed by atoms with Crippen LogP contribution in [0.3, 0.4) is 0 Å². The Morgan fingerprint density at radius 3 is 2.67 bits per heavy atom. The van der Waals surface area contributed by atoms with E-state index in [4.69, 9.17) is 5.73 Å². The quantitative estimate of drug-likeness (QED) is 0.512. The number of H-pyrrole nitrogens is 1. The first kappa shape index (κ1) is 23.0. The van der Waals surface area contributed by atoms with Crippen molar-refractivity contribution in [3.8, 4) is 11.4 Å². The Balaban J connectivity index is 1.86. The predicted molar refractivity (Wildman–Crippen MR) is 116 cm³/mol. The monoisotopic (exact) mass is 464 g/mol. The first-order chi connectivity index (χ1) is 15.4. The summed E-state index contributed by atoms with van der Waals surface area (Å²) in [7, 11) is 0. The average molecular weight is 464 g/mol. The fourth-order valence-corrected chi connectivity index (χ4v) is 3.98. The van der Waals surface area contributed by atoms with E-state index >= 15 is 0 Å². The number of rotatable bonds is 4. The number of nitrogens with two attached hydrogens (primary N) is 1. The lowest BCUT2D eigenvalue weighted by atomic mass is 10.0. The van der Waals surface area contributed by atoms with Crippen molar-refractivity contribution < 1.29 is 22.4 Å². The lowest BCUT2D eigenvalue weighted by molar-refractivity contribution is -0.149. The number of carbonyl (C=O) groups excluding carboxylic acids is 1. The molecule has 2 aromatic heterocycles. The van der Waals surface area contributed by atoms with Crippen LogP contribution >= 0.6 is 0 Å². The van der Waals surface area contributed by atoms with Crippen molar-refractivity contribution in [2.45, 2.75) is 44.9 Å². The summed E-state index contributed by atoms with van der Waals surface area (Å²) < 4.78 is 53.6. The highest BCUT2D eigenvalue weighted by molar-refractivity contribution is 6.03. The van der Waals surface area contributed by atoms with Crippen molar-refractivity contribution in [1.29, 1.82) is 0 Å². The van der Waals surface area contributed by atoms with Crippen LogP contribution in [0, 0.1) is 12.7 Å². The minimum absolute atomic E-state index is 0.0426. The molecule has 0 radical (unpaired) electrons. The Bertz CT molecular complexity index is 1180. The second kappa shape index (κ2) is 7.98. The number of fused-ring (bicyclic) bond motifs is 1. The Morgan fingerprint density at radius 2 is 2.06 bits per heavy atom. The number of aromatic amines is 1. The maximum absolute atomic E-state index is 14.4. The average Bonchev–Trinajstić information content (AvgIpc) is 3.34. The minimum atomic E-state index is -4.60. The molecule has 1 amide bonds. The summed E-state index contributed by atoms with van der Waals surface area (Å²) in [5.41, 5.74) is 7.76. The summed E-state index contributed by atoms with van der Waals surface area (Å²) in [5, 5.41) is 1.99. The third-order valence-corrected chi connectivity index (χ3v) is 5.87. The first-order valence-electron chi connectivity index (χ1n) is 10.4. The van der Waals surface area contributed by atoms with Crippen molar-refractivity contribution in [2.24, 2.45) is 5.73 Å². The van der Waals surface area contributed by atoms with Gasteiger partial charge < -0.3 is 20.9 Å². The van der Waals surface area contributed by atoms with Gasteiger partial charge in [-0.15, -0.1) is 0 Å². The van der Waals surface area contributed by atoms with Crippen LogP contribution in [-0.2, 0) is 0 Å². The smallest absolute Gasteiger partial charge is 0.368 e. The molecule has 0 spiro atoms. The molecule has 1 aromatic carbocycles. The first-order valence-corrected chi connectivity index (χ1v) is 10.4. The molecule has 1 fully saturated rings. The summed E-state index contributed by atoms with van der Waals surface area (Å²) in [6.07, 6.45) is -1.31. The number of pyridine rings is 1. The predicted octanol–water partition coefficient (Wildman–Crippen LogP) is 3.68. The highest BCUT2D eigenvalue weighted by atomic mass is 19.4. The van der Waals surface area contributed by atoms with Crippen LogP contribution in [0.4, 0.5) is 23.2 Å². The number of hydrogen-bond acceptors (Lipinski definition) is 5. The standard InChI is InChI=1S/C22H24F4N6O/c1-11-4-5-15(23)17-16(11)30-19(31-17)13-8-28-9-14(20(33)29-12(2)22(24,25)26)18(13)32-7-6-21(3,27)10-32/h4-5,8-9,12H,6-7,10,27H2,1-3H3,(H,29,33)(H,30,31)/t12-,21-/m0/s1. The molecule has 11 heteroatoms. The summed E-state index contributed by atoms with van der Waals surface area (Å²) in [4.78, 5) is 26.3. The van der Waals surface area contributed by atoms with Crippen molar-refractivity contribution in [3.63, 3.8) is 0 Å². The molecule has 3 aromatic rings. The fraction of sp³-hybridized carbons (Fsp3) is 0.409. The van der Waals surface area contributed by atoms with Crippen molar-refractivity contribution in [2.75, 3.05) is 18.0 Å². The summed E-state index contributed by atoms with van der Waals surface area (Å²) in [6, 6.07) is 0.869. The number of nitrogens with zero attached hydrogens (tertiary/aromatic N) is 3. The molecule has 0 aliphatic carbocycles. The number of amides is 1. The zero-order chi connectivity index (χ0) is 24.1. The minimum Gasteiger partial charge on any atom is -0.368 e. The van der Waals surface area contributed by atoms with Gasteiger partial charge in [-0.3, -0.25) is 9.78 Å². The molecule has 1 aliphatic rings. The van der Waals surface area contributed by atoms with Gasteiger partial charge in [-0.05, 0) is 38.8 Å². The van der Waals surface area contributed by atoms with E-state index in [2.05, 4.69) is 15.0 Å². The van der Waals surface area contributed by atoms with Crippen LogP contribution in [-0.4, -0.2) is 51.7 Å². The molecule has 1 aliphatic heterocycles. The highest BCUT2D eigenvalue weighted by Gasteiger charge is 2.39. The van der Waals surface area contributed by atoms with Gasteiger partial charge in [-0.2, -0.15) is 13.2 Å². The van der Waals surface area contributed by atoms with Gasteiger partial charge in [0.25, 0.3) is 5.91 Å². The summed E-state index contributed by atoms with van der Waals surface area (Å²) in [6.45, 7) is 5.36. The van der Waals surface area contributed by atoms with E-state index in [9.17, 15) is 22.4 Å². The third kappa shape index (κ3) is 4.37. The van der Waals surface area contributed by atoms with Gasteiger partial charge in [0.1, 0.15) is 23.2 Å². The van der Waals surface area contributed by atoms with Crippen LogP contribution in [0.25, 0.3) is 22.4 Å². The third-order valence-electron chi connectivity index (χ3n) is 5.87. The number of aryl methyl sites for hydroxylation is 1. The highest BCUT2D eigenvalue weighted by Crippen LogP contribution is 2.37. The molecular formula is C22H24F4N6O. The van der Waals surface area contributed by atoms with E-state index in [0.29, 0.717) is 36.3 Å². The normalized spacial score (nSPS) is 19.8. The zero-order valence-electron chi connectivity index (χ0n) is 18.3. The van der Waals surface area contributed by atoms with E-state index in [1.54, 1.807) is 13.0 Å². The zero-order valence-corrected chi connectivity index (χ0v) is 18.3. The van der Waals surface area contributed by atoms with Crippen LogP contribution < -0.4 is 16.0 Å². The number of aromatic nitrogens is 3. The summed E-state index contributed by atoms with van der Waals surface area (Å²) >= 11 is 0. The largest absolute Gasteiger partial charge is 0.408 e. The van der Waals surface area contributed by atoms with E-state index in [1.165, 1.54) is 18.5 Å². The van der Waals surface area contributed by atoms with Gasteiger partial charge in [0.15, 0.2) is 0 Å². The number of halogens is 4. The van der Waals surface area contributed by atoms with Gasteiger partial charge >= 0.3 is 6.18 Å². The fourth-order valence-electron chi connectivity index (χ4n) is 3.98. The molecule has 0 bridgehead atoms. The SMILES string of the molecule is Cc1ccc(F)c2[nH]c(-c3cncc(C(=O)N[C@@H](C)C(F)(F)F)c3N3CC[C@](C)(N)C3)nc12. The number of anilines is 1. The second-order valence-electron chi connectivity index (χ2n) is 8.82. The Morgan fingerprint density at radius 1 is 1.33 bits per heavy atom. The molecule has 3 heterocycles. The van der Waals surface area contributed by atoms with Gasteiger partial charge in [-0.1, -0.05) is 6.07 Å². The topological polar surface area (TPSA) is 99.9 Å². The second-order valence-corrected chi connectivity index (χ2v) is 8.82. The number of hydrogen-bond donors (Lipinski definition) is 3. The van der Waals surface area contributed by atoms with Crippen molar-refractivity contribution in [3.05, 3.63) is 41.5 Å². The van der Waals surface area contributed by atoms with Gasteiger partial charge in [0, 0.05) is 31.0 Å². The lowest BCUT2D eigenvalue weighted by Crippen LogP contribution is -2.44. The molecule has 1 saturated heterocycles. The molecule has 4 rings (SSSR count). The lowest BCUT2D eigenvalue weighted by Gasteiger charge is -2.26. The number of benzene rings is 1. The Hall–Kier alpha value is -3.21.